The standard InChI is InChI=1S/C19H19F3N8O2/c20-19(21,22)18(25-13(31)9-8-10-4-1-2-5-10)16(32)24-17-23-14-11(15-26-28-29-27-15)6-3-7-12(14)30(17)18/h3,6-7,10H,1-2,4-5,8-9H2,(H,25,31)(H,23,24,32)(H,26,27,28,29). The number of aromatic amines is 1. The van der Waals surface area contributed by atoms with Gasteiger partial charge < -0.3 is 5.32 Å². The van der Waals surface area contributed by atoms with Gasteiger partial charge in [-0.3, -0.25) is 19.5 Å². The maximum absolute atomic E-state index is 14.5. The van der Waals surface area contributed by atoms with Crippen LogP contribution < -0.4 is 10.6 Å². The first kappa shape index (κ1) is 20.4. The molecule has 2 aromatic heterocycles. The number of halogens is 3. The van der Waals surface area contributed by atoms with Crippen LogP contribution in [0.1, 0.15) is 38.5 Å². The van der Waals surface area contributed by atoms with Gasteiger partial charge >= 0.3 is 6.18 Å². The number of hydrogen-bond donors (Lipinski definition) is 3. The number of carbonyl (C=O) groups excluding carboxylic acids is 2. The lowest BCUT2D eigenvalue weighted by molar-refractivity contribution is -0.217. The van der Waals surface area contributed by atoms with E-state index in [0.29, 0.717) is 22.5 Å². The van der Waals surface area contributed by atoms with Crippen molar-refractivity contribution in [2.75, 3.05) is 5.32 Å². The molecule has 1 aromatic carbocycles. The monoisotopic (exact) mass is 448 g/mol. The van der Waals surface area contributed by atoms with Gasteiger partial charge in [-0.05, 0) is 34.9 Å². The number of fused-ring (bicyclic) bond motifs is 3. The molecule has 1 aliphatic carbocycles. The van der Waals surface area contributed by atoms with Crippen molar-refractivity contribution < 1.29 is 22.8 Å². The number of rotatable bonds is 5. The summed E-state index contributed by atoms with van der Waals surface area (Å²) in [5.41, 5.74) is -2.80. The molecule has 2 amide bonds. The van der Waals surface area contributed by atoms with Crippen molar-refractivity contribution in [1.82, 2.24) is 35.5 Å². The van der Waals surface area contributed by atoms with E-state index in [0.717, 1.165) is 25.7 Å². The summed E-state index contributed by atoms with van der Waals surface area (Å²) in [5, 5.41) is 17.5. The highest BCUT2D eigenvalue weighted by molar-refractivity contribution is 6.06. The minimum absolute atomic E-state index is 0.000618. The zero-order valence-corrected chi connectivity index (χ0v) is 16.7. The number of nitrogens with zero attached hydrogens (tertiary/aromatic N) is 5. The number of aromatic nitrogens is 6. The van der Waals surface area contributed by atoms with Crippen molar-refractivity contribution in [3.8, 4) is 11.4 Å². The summed E-state index contributed by atoms with van der Waals surface area (Å²) in [7, 11) is 0. The zero-order valence-electron chi connectivity index (χ0n) is 16.7. The highest BCUT2D eigenvalue weighted by atomic mass is 19.4. The van der Waals surface area contributed by atoms with Crippen LogP contribution >= 0.6 is 0 Å². The summed E-state index contributed by atoms with van der Waals surface area (Å²) in [6.07, 6.45) is -0.665. The van der Waals surface area contributed by atoms with Gasteiger partial charge in [-0.25, -0.2) is 10.1 Å². The second kappa shape index (κ2) is 7.28. The van der Waals surface area contributed by atoms with Gasteiger partial charge in [-0.2, -0.15) is 13.2 Å². The molecule has 3 N–H and O–H groups in total. The molecular weight excluding hydrogens is 429 g/mol. The highest BCUT2D eigenvalue weighted by Gasteiger charge is 2.67. The molecule has 0 spiro atoms. The summed E-state index contributed by atoms with van der Waals surface area (Å²) in [6.45, 7) is 0. The minimum atomic E-state index is -5.12. The van der Waals surface area contributed by atoms with Crippen molar-refractivity contribution in [2.24, 2.45) is 5.92 Å². The van der Waals surface area contributed by atoms with Crippen LogP contribution in [0, 0.1) is 5.92 Å². The number of nitrogens with one attached hydrogen (secondary N) is 3. The van der Waals surface area contributed by atoms with Crippen molar-refractivity contribution in [1.29, 1.82) is 0 Å². The number of imidazole rings is 1. The third kappa shape index (κ3) is 3.02. The first-order valence-electron chi connectivity index (χ1n) is 10.3. The number of alkyl halides is 3. The Balaban J connectivity index is 1.57. The Hall–Kier alpha value is -3.51. The van der Waals surface area contributed by atoms with Gasteiger partial charge in [0.15, 0.2) is 5.82 Å². The third-order valence-corrected chi connectivity index (χ3v) is 6.16. The van der Waals surface area contributed by atoms with Crippen LogP contribution in [-0.2, 0) is 15.3 Å². The number of hydrogen-bond acceptors (Lipinski definition) is 6. The van der Waals surface area contributed by atoms with Crippen LogP contribution in [0.3, 0.4) is 0 Å². The minimum Gasteiger partial charge on any atom is -0.317 e. The summed E-state index contributed by atoms with van der Waals surface area (Å²) in [4.78, 5) is 29.5. The summed E-state index contributed by atoms with van der Waals surface area (Å²) in [6, 6.07) is 4.48. The quantitative estimate of drug-likeness (QED) is 0.550. The van der Waals surface area contributed by atoms with Crippen molar-refractivity contribution in [2.45, 2.75) is 50.4 Å². The second-order valence-electron chi connectivity index (χ2n) is 8.09. The topological polar surface area (TPSA) is 130 Å². The van der Waals surface area contributed by atoms with Crippen LogP contribution in [-0.4, -0.2) is 48.2 Å². The molecule has 1 saturated carbocycles. The fourth-order valence-electron chi connectivity index (χ4n) is 4.62. The van der Waals surface area contributed by atoms with Crippen molar-refractivity contribution >= 4 is 28.8 Å². The number of para-hydroxylation sites is 1. The number of tetrazole rings is 1. The summed E-state index contributed by atoms with van der Waals surface area (Å²) in [5.74, 6) is -2.04. The van der Waals surface area contributed by atoms with Gasteiger partial charge in [0.2, 0.25) is 11.9 Å². The molecule has 13 heteroatoms. The van der Waals surface area contributed by atoms with Gasteiger partial charge in [-0.15, -0.1) is 5.10 Å². The fraction of sp³-hybridized carbons (Fsp3) is 0.474. The van der Waals surface area contributed by atoms with E-state index in [1.54, 1.807) is 6.07 Å². The lowest BCUT2D eigenvalue weighted by atomic mass is 10.0. The maximum atomic E-state index is 14.5. The molecule has 1 atom stereocenters. The van der Waals surface area contributed by atoms with E-state index in [4.69, 9.17) is 0 Å². The molecule has 3 aromatic rings. The molecule has 3 heterocycles. The van der Waals surface area contributed by atoms with Crippen LogP contribution in [0.4, 0.5) is 19.1 Å². The Morgan fingerprint density at radius 2 is 2.06 bits per heavy atom. The van der Waals surface area contributed by atoms with Gasteiger partial charge in [0, 0.05) is 12.0 Å². The Bertz CT molecular complexity index is 1180. The number of H-pyrrole nitrogens is 1. The van der Waals surface area contributed by atoms with Crippen LogP contribution in [0.25, 0.3) is 22.4 Å². The maximum Gasteiger partial charge on any atom is 0.440 e. The zero-order chi connectivity index (χ0) is 22.5. The lowest BCUT2D eigenvalue weighted by Gasteiger charge is -2.32. The van der Waals surface area contributed by atoms with E-state index in [1.165, 1.54) is 12.1 Å². The number of carbonyl (C=O) groups is 2. The van der Waals surface area contributed by atoms with Crippen LogP contribution in [0.15, 0.2) is 18.2 Å². The Labute approximate surface area is 179 Å². The fourth-order valence-corrected chi connectivity index (χ4v) is 4.62. The van der Waals surface area contributed by atoms with E-state index in [1.807, 2.05) is 5.32 Å². The van der Waals surface area contributed by atoms with E-state index in [-0.39, 0.29) is 29.2 Å². The highest BCUT2D eigenvalue weighted by Crippen LogP contribution is 2.45. The molecule has 0 saturated heterocycles. The Morgan fingerprint density at radius 3 is 2.75 bits per heavy atom. The first-order chi connectivity index (χ1) is 15.3. The smallest absolute Gasteiger partial charge is 0.317 e. The van der Waals surface area contributed by atoms with E-state index in [9.17, 15) is 22.8 Å². The third-order valence-electron chi connectivity index (χ3n) is 6.16. The number of anilines is 1. The molecule has 0 radical (unpaired) electrons. The van der Waals surface area contributed by atoms with E-state index >= 15 is 0 Å². The predicted molar refractivity (Wildman–Crippen MR) is 105 cm³/mol. The van der Waals surface area contributed by atoms with Gasteiger partial charge in [0.25, 0.3) is 11.6 Å². The predicted octanol–water partition coefficient (Wildman–Crippen LogP) is 2.47. The molecule has 2 aliphatic rings. The number of benzene rings is 1. The van der Waals surface area contributed by atoms with E-state index < -0.39 is 23.7 Å². The van der Waals surface area contributed by atoms with Gasteiger partial charge in [0.05, 0.1) is 5.52 Å². The van der Waals surface area contributed by atoms with E-state index in [2.05, 4.69) is 30.9 Å². The van der Waals surface area contributed by atoms with Gasteiger partial charge in [0.1, 0.15) is 5.52 Å². The molecule has 1 unspecified atom stereocenters. The number of amides is 2. The normalized spacial score (nSPS) is 21.2. The Kier molecular flexibility index (Phi) is 4.64. The molecular formula is C19H19F3N8O2. The SMILES string of the molecule is O=C(CCC1CCCC1)NC1(C(F)(F)F)C(=O)Nc2nc3c(-c4nnn[nH]4)cccc3n21. The van der Waals surface area contributed by atoms with Crippen LogP contribution in [0.5, 0.6) is 0 Å². The lowest BCUT2D eigenvalue weighted by Crippen LogP contribution is -2.63. The molecule has 168 valence electrons. The molecule has 1 fully saturated rings. The largest absolute Gasteiger partial charge is 0.440 e. The molecule has 10 nitrogen and oxygen atoms in total. The molecule has 1 aliphatic heterocycles. The molecule has 0 bridgehead atoms. The second-order valence-corrected chi connectivity index (χ2v) is 8.09. The average molecular weight is 448 g/mol. The molecule has 5 rings (SSSR count). The summed E-state index contributed by atoms with van der Waals surface area (Å²) >= 11 is 0. The van der Waals surface area contributed by atoms with Gasteiger partial charge in [-0.1, -0.05) is 31.7 Å². The van der Waals surface area contributed by atoms with Crippen molar-refractivity contribution in [3.05, 3.63) is 18.2 Å². The Morgan fingerprint density at radius 1 is 1.28 bits per heavy atom. The first-order valence-corrected chi connectivity index (χ1v) is 10.3. The average Bonchev–Trinajstić information content (AvgIpc) is 3.52. The molecule has 32 heavy (non-hydrogen) atoms. The summed E-state index contributed by atoms with van der Waals surface area (Å²) < 4.78 is 44.1. The van der Waals surface area contributed by atoms with Crippen LogP contribution in [0.2, 0.25) is 0 Å². The van der Waals surface area contributed by atoms with Crippen molar-refractivity contribution in [3.63, 3.8) is 0 Å².